The van der Waals surface area contributed by atoms with Crippen molar-refractivity contribution in [2.24, 2.45) is 4.99 Å². The number of hydrogen-bond acceptors (Lipinski definition) is 2. The Morgan fingerprint density at radius 2 is 1.67 bits per heavy atom. The fraction of sp³-hybridized carbons (Fsp3) is 0.174. The summed E-state index contributed by atoms with van der Waals surface area (Å²) in [5, 5.41) is 0.754. The van der Waals surface area contributed by atoms with Crippen molar-refractivity contribution in [2.75, 3.05) is 11.5 Å². The fourth-order valence-corrected chi connectivity index (χ4v) is 3.46. The zero-order valence-electron chi connectivity index (χ0n) is 15.2. The van der Waals surface area contributed by atoms with Crippen LogP contribution >= 0.6 is 11.6 Å². The van der Waals surface area contributed by atoms with Crippen molar-refractivity contribution < 1.29 is 4.74 Å². The molecule has 1 aliphatic rings. The summed E-state index contributed by atoms with van der Waals surface area (Å²) in [4.78, 5) is 7.14. The minimum Gasteiger partial charge on any atom is -0.494 e. The van der Waals surface area contributed by atoms with E-state index in [1.807, 2.05) is 61.5 Å². The van der Waals surface area contributed by atoms with E-state index in [1.54, 1.807) is 0 Å². The number of aliphatic imine (C=N–C) groups is 1. The van der Waals surface area contributed by atoms with Gasteiger partial charge in [-0.3, -0.25) is 0 Å². The number of amidine groups is 1. The van der Waals surface area contributed by atoms with Gasteiger partial charge in [-0.25, -0.2) is 4.99 Å². The van der Waals surface area contributed by atoms with Crippen LogP contribution < -0.4 is 9.64 Å². The molecule has 0 aromatic heterocycles. The van der Waals surface area contributed by atoms with Crippen molar-refractivity contribution >= 4 is 28.8 Å². The van der Waals surface area contributed by atoms with Crippen LogP contribution in [-0.4, -0.2) is 12.4 Å². The molecule has 1 unspecified atom stereocenters. The Bertz CT molecular complexity index is 921. The van der Waals surface area contributed by atoms with Gasteiger partial charge in [-0.1, -0.05) is 41.9 Å². The summed E-state index contributed by atoms with van der Waals surface area (Å²) < 4.78 is 5.58. The molecule has 3 aromatic carbocycles. The molecule has 1 atom stereocenters. The molecule has 1 fully saturated rings. The van der Waals surface area contributed by atoms with E-state index in [4.69, 9.17) is 21.3 Å². The van der Waals surface area contributed by atoms with Crippen molar-refractivity contribution in [1.82, 2.24) is 0 Å². The van der Waals surface area contributed by atoms with Crippen molar-refractivity contribution in [3.63, 3.8) is 0 Å². The van der Waals surface area contributed by atoms with Crippen LogP contribution in [0.4, 0.5) is 11.4 Å². The molecule has 4 rings (SSSR count). The van der Waals surface area contributed by atoms with Crippen LogP contribution in [0.5, 0.6) is 5.75 Å². The van der Waals surface area contributed by atoms with E-state index in [-0.39, 0.29) is 6.04 Å². The standard InChI is InChI=1S/C23H21ClN2O/c1-2-27-21-14-12-20(13-15-21)26-22(17-8-10-18(24)11-9-17)16-23(26)25-19-6-4-3-5-7-19/h3-15,22H,2,16H2,1H3. The Kier molecular flexibility index (Phi) is 5.12. The molecule has 0 saturated carbocycles. The van der Waals surface area contributed by atoms with Gasteiger partial charge in [-0.15, -0.1) is 0 Å². The first-order valence-corrected chi connectivity index (χ1v) is 9.52. The highest BCUT2D eigenvalue weighted by atomic mass is 35.5. The highest BCUT2D eigenvalue weighted by Crippen LogP contribution is 2.41. The second kappa shape index (κ2) is 7.85. The molecule has 1 saturated heterocycles. The Morgan fingerprint density at radius 1 is 0.963 bits per heavy atom. The molecule has 1 heterocycles. The van der Waals surface area contributed by atoms with E-state index < -0.39 is 0 Å². The minimum absolute atomic E-state index is 0.252. The predicted octanol–water partition coefficient (Wildman–Crippen LogP) is 6.42. The van der Waals surface area contributed by atoms with Crippen molar-refractivity contribution in [3.8, 4) is 5.75 Å². The van der Waals surface area contributed by atoms with E-state index in [1.165, 1.54) is 5.56 Å². The van der Waals surface area contributed by atoms with Crippen LogP contribution in [0.1, 0.15) is 24.9 Å². The van der Waals surface area contributed by atoms with E-state index in [2.05, 4.69) is 29.2 Å². The van der Waals surface area contributed by atoms with Crippen LogP contribution in [0.2, 0.25) is 5.02 Å². The number of hydrogen-bond donors (Lipinski definition) is 0. The third-order valence-corrected chi connectivity index (χ3v) is 4.91. The summed E-state index contributed by atoms with van der Waals surface area (Å²) in [5.74, 6) is 1.94. The molecular formula is C23H21ClN2O. The topological polar surface area (TPSA) is 24.8 Å². The van der Waals surface area contributed by atoms with Gasteiger partial charge in [-0.05, 0) is 61.0 Å². The van der Waals surface area contributed by atoms with Gasteiger partial charge in [-0.2, -0.15) is 0 Å². The molecule has 0 amide bonds. The molecule has 0 aliphatic carbocycles. The highest BCUT2D eigenvalue weighted by molar-refractivity contribution is 6.30. The Morgan fingerprint density at radius 3 is 2.33 bits per heavy atom. The summed E-state index contributed by atoms with van der Waals surface area (Å²) in [6.07, 6.45) is 0.893. The van der Waals surface area contributed by atoms with Gasteiger partial charge in [0.2, 0.25) is 0 Å². The molecule has 136 valence electrons. The number of rotatable bonds is 5. The van der Waals surface area contributed by atoms with Crippen LogP contribution in [0.15, 0.2) is 83.9 Å². The molecule has 3 aromatic rings. The first-order valence-electron chi connectivity index (χ1n) is 9.15. The SMILES string of the molecule is CCOc1ccc(N2C(=Nc3ccccc3)CC2c2ccc(Cl)cc2)cc1. The van der Waals surface area contributed by atoms with Gasteiger partial charge in [0.15, 0.2) is 0 Å². The lowest BCUT2D eigenvalue weighted by Gasteiger charge is -2.44. The smallest absolute Gasteiger partial charge is 0.119 e. The zero-order valence-corrected chi connectivity index (χ0v) is 15.9. The molecule has 0 bridgehead atoms. The monoisotopic (exact) mass is 376 g/mol. The largest absolute Gasteiger partial charge is 0.494 e. The quantitative estimate of drug-likeness (QED) is 0.513. The molecule has 0 radical (unpaired) electrons. The molecule has 0 N–H and O–H groups in total. The number of para-hydroxylation sites is 1. The third-order valence-electron chi connectivity index (χ3n) is 4.66. The van der Waals surface area contributed by atoms with Crippen LogP contribution in [0, 0.1) is 0 Å². The lowest BCUT2D eigenvalue weighted by Crippen LogP contribution is -2.46. The maximum Gasteiger partial charge on any atom is 0.119 e. The number of ether oxygens (including phenoxy) is 1. The normalized spacial score (nSPS) is 17.6. The van der Waals surface area contributed by atoms with Crippen molar-refractivity contribution in [1.29, 1.82) is 0 Å². The Labute approximate surface area is 164 Å². The second-order valence-corrected chi connectivity index (χ2v) is 6.87. The molecular weight excluding hydrogens is 356 g/mol. The van der Waals surface area contributed by atoms with Crippen LogP contribution in [0.3, 0.4) is 0 Å². The van der Waals surface area contributed by atoms with E-state index in [9.17, 15) is 0 Å². The number of halogens is 1. The first-order chi connectivity index (χ1) is 13.2. The van der Waals surface area contributed by atoms with E-state index in [0.717, 1.165) is 34.4 Å². The summed E-state index contributed by atoms with van der Waals surface area (Å²) in [5.41, 5.74) is 3.32. The van der Waals surface area contributed by atoms with Crippen LogP contribution in [0.25, 0.3) is 0 Å². The predicted molar refractivity (Wildman–Crippen MR) is 112 cm³/mol. The number of nitrogens with zero attached hydrogens (tertiary/aromatic N) is 2. The summed E-state index contributed by atoms with van der Waals surface area (Å²) in [7, 11) is 0. The Hall–Kier alpha value is -2.78. The molecule has 3 nitrogen and oxygen atoms in total. The molecule has 1 aliphatic heterocycles. The lowest BCUT2D eigenvalue weighted by atomic mass is 9.92. The number of anilines is 1. The van der Waals surface area contributed by atoms with Gasteiger partial charge in [0.25, 0.3) is 0 Å². The van der Waals surface area contributed by atoms with Crippen molar-refractivity contribution in [3.05, 3.63) is 89.4 Å². The zero-order chi connectivity index (χ0) is 18.6. The van der Waals surface area contributed by atoms with Gasteiger partial charge >= 0.3 is 0 Å². The van der Waals surface area contributed by atoms with Gasteiger partial charge in [0.05, 0.1) is 18.3 Å². The van der Waals surface area contributed by atoms with Gasteiger partial charge < -0.3 is 9.64 Å². The molecule has 0 spiro atoms. The Balaban J connectivity index is 1.67. The number of benzene rings is 3. The minimum atomic E-state index is 0.252. The molecule has 27 heavy (non-hydrogen) atoms. The van der Waals surface area contributed by atoms with Gasteiger partial charge in [0.1, 0.15) is 11.6 Å². The summed E-state index contributed by atoms with van der Waals surface area (Å²) in [6.45, 7) is 2.65. The first kappa shape index (κ1) is 17.6. The lowest BCUT2D eigenvalue weighted by molar-refractivity contribution is 0.340. The average molecular weight is 377 g/mol. The van der Waals surface area contributed by atoms with Crippen LogP contribution in [-0.2, 0) is 0 Å². The molecule has 4 heteroatoms. The average Bonchev–Trinajstić information content (AvgIpc) is 2.68. The van der Waals surface area contributed by atoms with E-state index >= 15 is 0 Å². The fourth-order valence-electron chi connectivity index (χ4n) is 3.33. The summed E-state index contributed by atoms with van der Waals surface area (Å²) >= 11 is 6.06. The summed E-state index contributed by atoms with van der Waals surface area (Å²) in [6, 6.07) is 26.6. The van der Waals surface area contributed by atoms with Gasteiger partial charge in [0, 0.05) is 17.1 Å². The highest BCUT2D eigenvalue weighted by Gasteiger charge is 2.36. The maximum absolute atomic E-state index is 6.06. The third kappa shape index (κ3) is 3.83. The van der Waals surface area contributed by atoms with Crippen molar-refractivity contribution in [2.45, 2.75) is 19.4 Å². The maximum atomic E-state index is 6.06. The van der Waals surface area contributed by atoms with E-state index in [0.29, 0.717) is 6.61 Å². The second-order valence-electron chi connectivity index (χ2n) is 6.43.